The van der Waals surface area contributed by atoms with Crippen LogP contribution in [-0.2, 0) is 11.8 Å². The van der Waals surface area contributed by atoms with Gasteiger partial charge in [0.05, 0.1) is 6.21 Å². The summed E-state index contributed by atoms with van der Waals surface area (Å²) >= 11 is 5.23. The Labute approximate surface area is 132 Å². The van der Waals surface area contributed by atoms with E-state index in [2.05, 4.69) is 21.4 Å². The highest BCUT2D eigenvalue weighted by molar-refractivity contribution is 7.71. The summed E-state index contributed by atoms with van der Waals surface area (Å²) in [7, 11) is 1.85. The second-order valence-corrected chi connectivity index (χ2v) is 5.57. The summed E-state index contributed by atoms with van der Waals surface area (Å²) < 4.78 is 9.48. The van der Waals surface area contributed by atoms with Crippen LogP contribution in [0.1, 0.15) is 41.7 Å². The molecule has 0 radical (unpaired) electrons. The number of H-pyrrole nitrogens is 1. The summed E-state index contributed by atoms with van der Waals surface area (Å²) in [4.78, 5) is 0. The fourth-order valence-corrected chi connectivity index (χ4v) is 2.67. The van der Waals surface area contributed by atoms with Crippen LogP contribution in [-0.4, -0.2) is 32.3 Å². The third-order valence-corrected chi connectivity index (χ3v) is 4.16. The highest BCUT2D eigenvalue weighted by Crippen LogP contribution is 2.27. The van der Waals surface area contributed by atoms with Crippen molar-refractivity contribution in [3.8, 4) is 6.07 Å². The van der Waals surface area contributed by atoms with Crippen LogP contribution < -0.4 is 0 Å². The molecule has 1 atom stereocenters. The Bertz CT molecular complexity index is 815. The summed E-state index contributed by atoms with van der Waals surface area (Å²) in [5, 5.41) is 20.5. The Balaban J connectivity index is 1.95. The molecule has 1 aliphatic rings. The van der Waals surface area contributed by atoms with Crippen molar-refractivity contribution in [1.29, 1.82) is 5.26 Å². The first kappa shape index (κ1) is 14.7. The predicted molar refractivity (Wildman–Crippen MR) is 83.2 cm³/mol. The zero-order valence-corrected chi connectivity index (χ0v) is 13.2. The highest BCUT2D eigenvalue weighted by atomic mass is 32.1. The number of ether oxygens (including phenoxy) is 1. The first-order valence-electron chi connectivity index (χ1n) is 7.01. The van der Waals surface area contributed by atoms with Crippen LogP contribution in [0.15, 0.2) is 11.2 Å². The Kier molecular flexibility index (Phi) is 3.92. The van der Waals surface area contributed by atoms with Crippen molar-refractivity contribution < 1.29 is 4.74 Å². The van der Waals surface area contributed by atoms with Gasteiger partial charge >= 0.3 is 0 Å². The maximum absolute atomic E-state index is 9.07. The summed E-state index contributed by atoms with van der Waals surface area (Å²) in [6.07, 6.45) is 3.55. The zero-order chi connectivity index (χ0) is 15.7. The smallest absolute Gasteiger partial charge is 0.216 e. The summed E-state index contributed by atoms with van der Waals surface area (Å²) in [6.45, 7) is 2.68. The van der Waals surface area contributed by atoms with Crippen molar-refractivity contribution >= 4 is 18.4 Å². The van der Waals surface area contributed by atoms with E-state index in [1.165, 1.54) is 0 Å². The van der Waals surface area contributed by atoms with E-state index in [0.29, 0.717) is 16.3 Å². The number of hydrogen-bond acceptors (Lipinski definition) is 5. The lowest BCUT2D eigenvalue weighted by atomic mass is 10.2. The average Bonchev–Trinajstić information content (AvgIpc) is 3.21. The Morgan fingerprint density at radius 1 is 1.64 bits per heavy atom. The zero-order valence-electron chi connectivity index (χ0n) is 12.4. The molecule has 3 rings (SSSR count). The van der Waals surface area contributed by atoms with Gasteiger partial charge < -0.3 is 9.30 Å². The Morgan fingerprint density at radius 2 is 2.45 bits per heavy atom. The van der Waals surface area contributed by atoms with Crippen molar-refractivity contribution in [2.45, 2.75) is 25.9 Å². The molecule has 2 aromatic heterocycles. The fourth-order valence-electron chi connectivity index (χ4n) is 2.49. The summed E-state index contributed by atoms with van der Waals surface area (Å²) in [5.41, 5.74) is 2.43. The monoisotopic (exact) mass is 316 g/mol. The van der Waals surface area contributed by atoms with Gasteiger partial charge in [-0.3, -0.25) is 5.10 Å². The normalized spacial score (nSPS) is 18.1. The molecule has 2 aromatic rings. The molecule has 1 N–H and O–H groups in total. The minimum atomic E-state index is -0.0726. The van der Waals surface area contributed by atoms with Crippen molar-refractivity contribution in [3.63, 3.8) is 0 Å². The molecule has 0 aromatic carbocycles. The number of nitrogens with one attached hydrogen (secondary N) is 1. The van der Waals surface area contributed by atoms with E-state index in [-0.39, 0.29) is 6.10 Å². The summed E-state index contributed by atoms with van der Waals surface area (Å²) in [6, 6.07) is 3.95. The number of hydrogen-bond donors (Lipinski definition) is 1. The molecule has 0 bridgehead atoms. The average molecular weight is 316 g/mol. The molecule has 114 valence electrons. The second-order valence-electron chi connectivity index (χ2n) is 5.19. The number of aromatic nitrogens is 4. The van der Waals surface area contributed by atoms with Crippen molar-refractivity contribution in [2.24, 2.45) is 12.1 Å². The molecule has 8 heteroatoms. The van der Waals surface area contributed by atoms with Crippen LogP contribution in [0, 0.1) is 23.0 Å². The van der Waals surface area contributed by atoms with Crippen LogP contribution in [0.25, 0.3) is 0 Å². The van der Waals surface area contributed by atoms with E-state index >= 15 is 0 Å². The first-order valence-corrected chi connectivity index (χ1v) is 7.42. The third kappa shape index (κ3) is 2.49. The van der Waals surface area contributed by atoms with Crippen LogP contribution >= 0.6 is 12.2 Å². The van der Waals surface area contributed by atoms with Gasteiger partial charge in [0.1, 0.15) is 17.9 Å². The van der Waals surface area contributed by atoms with Gasteiger partial charge in [0.15, 0.2) is 5.82 Å². The van der Waals surface area contributed by atoms with E-state index in [1.54, 1.807) is 17.0 Å². The van der Waals surface area contributed by atoms with Gasteiger partial charge in [-0.05, 0) is 38.0 Å². The lowest BCUT2D eigenvalue weighted by molar-refractivity contribution is 0.102. The molecule has 22 heavy (non-hydrogen) atoms. The highest BCUT2D eigenvalue weighted by Gasteiger charge is 2.23. The quantitative estimate of drug-likeness (QED) is 0.695. The van der Waals surface area contributed by atoms with Crippen LogP contribution in [0.5, 0.6) is 0 Å². The number of rotatable bonds is 3. The minimum absolute atomic E-state index is 0.0726. The van der Waals surface area contributed by atoms with Crippen molar-refractivity contribution in [3.05, 3.63) is 33.6 Å². The molecular formula is C14H16N6OS. The van der Waals surface area contributed by atoms with Gasteiger partial charge in [-0.1, -0.05) is 0 Å². The second kappa shape index (κ2) is 5.87. The van der Waals surface area contributed by atoms with Gasteiger partial charge in [0.2, 0.25) is 4.77 Å². The standard InChI is InChI=1S/C14H16N6OS/c1-9-10(6-11(7-15)19(9)2)8-16-20-13(17-18-14(20)22)12-4-3-5-21-12/h6,8,12H,3-5H2,1-2H3,(H,18,22)/b16-8-/t12-/m1/s1. The van der Waals surface area contributed by atoms with E-state index in [1.807, 2.05) is 18.5 Å². The molecule has 1 saturated heterocycles. The molecular weight excluding hydrogens is 300 g/mol. The maximum atomic E-state index is 9.07. The van der Waals surface area contributed by atoms with Crippen LogP contribution in [0.4, 0.5) is 0 Å². The molecule has 0 saturated carbocycles. The number of nitriles is 1. The van der Waals surface area contributed by atoms with E-state index < -0.39 is 0 Å². The van der Waals surface area contributed by atoms with Gasteiger partial charge in [-0.2, -0.15) is 20.1 Å². The lowest BCUT2D eigenvalue weighted by Crippen LogP contribution is -2.05. The first-order chi connectivity index (χ1) is 10.6. The molecule has 0 aliphatic carbocycles. The number of aromatic amines is 1. The molecule has 0 unspecified atom stereocenters. The largest absolute Gasteiger partial charge is 0.370 e. The molecule has 7 nitrogen and oxygen atoms in total. The lowest BCUT2D eigenvalue weighted by Gasteiger charge is -2.07. The molecule has 1 fully saturated rings. The van der Waals surface area contributed by atoms with Crippen molar-refractivity contribution in [1.82, 2.24) is 19.4 Å². The van der Waals surface area contributed by atoms with E-state index in [4.69, 9.17) is 22.2 Å². The van der Waals surface area contributed by atoms with Crippen molar-refractivity contribution in [2.75, 3.05) is 6.61 Å². The SMILES string of the molecule is Cc1c(/C=N\n2c([C@H]3CCCO3)n[nH]c2=S)cc(C#N)n1C. The molecule has 1 aliphatic heterocycles. The van der Waals surface area contributed by atoms with Gasteiger partial charge in [-0.15, -0.1) is 0 Å². The molecule has 0 amide bonds. The minimum Gasteiger partial charge on any atom is -0.370 e. The number of nitrogens with zero attached hydrogens (tertiary/aromatic N) is 5. The summed E-state index contributed by atoms with van der Waals surface area (Å²) in [5.74, 6) is 0.688. The molecule has 3 heterocycles. The van der Waals surface area contributed by atoms with Gasteiger partial charge in [0, 0.05) is 24.9 Å². The topological polar surface area (TPSA) is 83.9 Å². The maximum Gasteiger partial charge on any atom is 0.216 e. The van der Waals surface area contributed by atoms with E-state index in [0.717, 1.165) is 30.7 Å². The fraction of sp³-hybridized carbons (Fsp3) is 0.429. The van der Waals surface area contributed by atoms with Gasteiger partial charge in [0.25, 0.3) is 0 Å². The van der Waals surface area contributed by atoms with E-state index in [9.17, 15) is 0 Å². The van der Waals surface area contributed by atoms with Crippen LogP contribution in [0.2, 0.25) is 0 Å². The third-order valence-electron chi connectivity index (χ3n) is 3.89. The van der Waals surface area contributed by atoms with Crippen LogP contribution in [0.3, 0.4) is 0 Å². The molecule has 0 spiro atoms. The predicted octanol–water partition coefficient (Wildman–Crippen LogP) is 2.19. The van der Waals surface area contributed by atoms with Gasteiger partial charge in [-0.25, -0.2) is 0 Å². The Hall–Kier alpha value is -2.24. The Morgan fingerprint density at radius 3 is 3.09 bits per heavy atom.